The minimum Gasteiger partial charge on any atom is -0.493 e. The Morgan fingerprint density at radius 2 is 1.96 bits per heavy atom. The summed E-state index contributed by atoms with van der Waals surface area (Å²) < 4.78 is 22.1. The number of nitrogens with zero attached hydrogens (tertiary/aromatic N) is 2. The minimum atomic E-state index is -0.441. The fourth-order valence-corrected chi connectivity index (χ4v) is 4.19. The molecule has 6 heteroatoms. The van der Waals surface area contributed by atoms with Gasteiger partial charge in [-0.25, -0.2) is 0 Å². The van der Waals surface area contributed by atoms with Crippen molar-refractivity contribution in [1.82, 2.24) is 4.90 Å². The first kappa shape index (κ1) is 15.9. The zero-order valence-corrected chi connectivity index (χ0v) is 15.1. The molecular weight excluding hydrogens is 344 g/mol. The van der Waals surface area contributed by atoms with E-state index in [0.29, 0.717) is 11.5 Å². The fraction of sp³-hybridized carbons (Fsp3) is 0.286. The lowest BCUT2D eigenvalue weighted by atomic mass is 9.86. The third-order valence-corrected chi connectivity index (χ3v) is 5.42. The van der Waals surface area contributed by atoms with Crippen LogP contribution in [0, 0.1) is 11.3 Å². The molecule has 3 aliphatic rings. The molecule has 3 heterocycles. The van der Waals surface area contributed by atoms with Crippen LogP contribution in [-0.2, 0) is 6.42 Å². The van der Waals surface area contributed by atoms with Crippen LogP contribution in [0.1, 0.15) is 28.3 Å². The summed E-state index contributed by atoms with van der Waals surface area (Å²) in [6.07, 6.45) is 2.95. The number of benzene rings is 2. The largest absolute Gasteiger partial charge is 0.493 e. The lowest BCUT2D eigenvalue weighted by Crippen LogP contribution is -2.35. The van der Waals surface area contributed by atoms with Gasteiger partial charge < -0.3 is 23.8 Å². The maximum absolute atomic E-state index is 10.0. The highest BCUT2D eigenvalue weighted by atomic mass is 16.7. The molecule has 0 fully saturated rings. The number of nitriles is 1. The highest BCUT2D eigenvalue weighted by Gasteiger charge is 2.36. The van der Waals surface area contributed by atoms with Crippen molar-refractivity contribution in [2.75, 3.05) is 27.6 Å². The molecule has 0 N–H and O–H groups in total. The van der Waals surface area contributed by atoms with Crippen molar-refractivity contribution in [2.45, 2.75) is 12.5 Å². The van der Waals surface area contributed by atoms with Crippen LogP contribution in [0.25, 0.3) is 11.8 Å². The average molecular weight is 362 g/mol. The van der Waals surface area contributed by atoms with Crippen LogP contribution in [0.3, 0.4) is 0 Å². The van der Waals surface area contributed by atoms with E-state index in [9.17, 15) is 5.26 Å². The topological polar surface area (TPSA) is 64.0 Å². The molecule has 2 aromatic carbocycles. The monoisotopic (exact) mass is 362 g/mol. The van der Waals surface area contributed by atoms with Crippen molar-refractivity contribution < 1.29 is 18.9 Å². The van der Waals surface area contributed by atoms with E-state index in [4.69, 9.17) is 18.9 Å². The van der Waals surface area contributed by atoms with Gasteiger partial charge >= 0.3 is 0 Å². The predicted molar refractivity (Wildman–Crippen MR) is 98.7 cm³/mol. The van der Waals surface area contributed by atoms with Crippen LogP contribution in [0.5, 0.6) is 23.0 Å². The van der Waals surface area contributed by atoms with Crippen molar-refractivity contribution in [1.29, 1.82) is 5.26 Å². The first-order valence-corrected chi connectivity index (χ1v) is 8.81. The molecule has 5 rings (SSSR count). The van der Waals surface area contributed by atoms with E-state index >= 15 is 0 Å². The summed E-state index contributed by atoms with van der Waals surface area (Å²) in [4.78, 5) is 2.13. The Morgan fingerprint density at radius 3 is 2.70 bits per heavy atom. The van der Waals surface area contributed by atoms with Crippen LogP contribution in [0.15, 0.2) is 24.3 Å². The Hall–Kier alpha value is -3.33. The van der Waals surface area contributed by atoms with Crippen molar-refractivity contribution in [3.8, 4) is 29.1 Å². The third kappa shape index (κ3) is 2.18. The second-order valence-corrected chi connectivity index (χ2v) is 6.67. The zero-order chi connectivity index (χ0) is 18.5. The normalized spacial score (nSPS) is 18.6. The van der Waals surface area contributed by atoms with Gasteiger partial charge in [0, 0.05) is 23.4 Å². The molecule has 27 heavy (non-hydrogen) atoms. The molecule has 0 saturated carbocycles. The summed E-state index contributed by atoms with van der Waals surface area (Å²) in [5.74, 6) is 2.80. The van der Waals surface area contributed by atoms with Gasteiger partial charge in [0.2, 0.25) is 6.79 Å². The Balaban J connectivity index is 1.73. The van der Waals surface area contributed by atoms with E-state index in [1.165, 1.54) is 5.56 Å². The molecule has 0 bridgehead atoms. The summed E-state index contributed by atoms with van der Waals surface area (Å²) in [5.41, 5.74) is 5.15. The van der Waals surface area contributed by atoms with E-state index in [1.807, 2.05) is 18.2 Å². The van der Waals surface area contributed by atoms with Gasteiger partial charge in [-0.15, -0.1) is 0 Å². The SMILES string of the molecule is COc1ccc2c(c1OC)C(C#N)N1CCc3cc4c(cc3C1=C2)OCO4. The molecule has 0 amide bonds. The second-order valence-electron chi connectivity index (χ2n) is 6.67. The van der Waals surface area contributed by atoms with E-state index in [-0.39, 0.29) is 6.79 Å². The number of fused-ring (bicyclic) bond motifs is 5. The lowest BCUT2D eigenvalue weighted by molar-refractivity contribution is 0.174. The first-order valence-electron chi connectivity index (χ1n) is 8.81. The lowest BCUT2D eigenvalue weighted by Gasteiger charge is -2.40. The number of methoxy groups -OCH3 is 2. The molecular formula is C21H18N2O4. The molecule has 2 aromatic rings. The quantitative estimate of drug-likeness (QED) is 0.816. The van der Waals surface area contributed by atoms with Gasteiger partial charge in [0.25, 0.3) is 0 Å². The molecule has 6 nitrogen and oxygen atoms in total. The summed E-state index contributed by atoms with van der Waals surface area (Å²) >= 11 is 0. The smallest absolute Gasteiger partial charge is 0.231 e. The Bertz CT molecular complexity index is 1020. The maximum atomic E-state index is 10.0. The second kappa shape index (κ2) is 5.85. The number of ether oxygens (including phenoxy) is 4. The van der Waals surface area contributed by atoms with E-state index in [0.717, 1.165) is 46.9 Å². The summed E-state index contributed by atoms with van der Waals surface area (Å²) in [6, 6.07) is 9.96. The van der Waals surface area contributed by atoms with Gasteiger partial charge in [-0.05, 0) is 41.8 Å². The van der Waals surface area contributed by atoms with Crippen molar-refractivity contribution in [3.63, 3.8) is 0 Å². The van der Waals surface area contributed by atoms with Crippen LogP contribution in [-0.4, -0.2) is 32.5 Å². The Kier molecular flexibility index (Phi) is 3.44. The molecule has 0 aliphatic carbocycles. The van der Waals surface area contributed by atoms with Gasteiger partial charge in [-0.2, -0.15) is 5.26 Å². The fourth-order valence-electron chi connectivity index (χ4n) is 4.19. The van der Waals surface area contributed by atoms with Crippen molar-refractivity contribution >= 4 is 11.8 Å². The van der Waals surface area contributed by atoms with Crippen LogP contribution in [0.2, 0.25) is 0 Å². The number of hydrogen-bond donors (Lipinski definition) is 0. The van der Waals surface area contributed by atoms with Crippen LogP contribution in [0.4, 0.5) is 0 Å². The predicted octanol–water partition coefficient (Wildman–Crippen LogP) is 3.37. The highest BCUT2D eigenvalue weighted by Crippen LogP contribution is 2.49. The Labute approximate surface area is 157 Å². The van der Waals surface area contributed by atoms with Gasteiger partial charge in [0.05, 0.1) is 20.3 Å². The van der Waals surface area contributed by atoms with Gasteiger partial charge in [0.15, 0.2) is 23.0 Å². The van der Waals surface area contributed by atoms with Gasteiger partial charge in [-0.1, -0.05) is 6.07 Å². The Morgan fingerprint density at radius 1 is 1.15 bits per heavy atom. The molecule has 1 unspecified atom stereocenters. The summed E-state index contributed by atoms with van der Waals surface area (Å²) in [6.45, 7) is 0.998. The summed E-state index contributed by atoms with van der Waals surface area (Å²) in [7, 11) is 3.22. The zero-order valence-electron chi connectivity index (χ0n) is 15.1. The molecule has 0 aromatic heterocycles. The maximum Gasteiger partial charge on any atom is 0.231 e. The van der Waals surface area contributed by atoms with E-state index < -0.39 is 6.04 Å². The van der Waals surface area contributed by atoms with E-state index in [1.54, 1.807) is 14.2 Å². The molecule has 1 atom stereocenters. The average Bonchev–Trinajstić information content (AvgIpc) is 3.16. The van der Waals surface area contributed by atoms with Crippen LogP contribution < -0.4 is 18.9 Å². The number of rotatable bonds is 2. The van der Waals surface area contributed by atoms with Crippen molar-refractivity contribution in [2.24, 2.45) is 0 Å². The number of hydrogen-bond acceptors (Lipinski definition) is 6. The summed E-state index contributed by atoms with van der Waals surface area (Å²) in [5, 5.41) is 10.0. The molecule has 136 valence electrons. The van der Waals surface area contributed by atoms with E-state index in [2.05, 4.69) is 23.1 Å². The minimum absolute atomic E-state index is 0.252. The molecule has 0 spiro atoms. The standard InChI is InChI=1S/C21H18N2O4/c1-24-17-4-3-13-7-15-14-9-19-18(26-11-27-19)8-12(14)5-6-23(15)16(10-22)20(13)21(17)25-2/h3-4,7-9,16H,5-6,11H2,1-2H3. The van der Waals surface area contributed by atoms with Gasteiger partial charge in [-0.3, -0.25) is 0 Å². The third-order valence-electron chi connectivity index (χ3n) is 5.42. The molecule has 0 radical (unpaired) electrons. The molecule has 0 saturated heterocycles. The van der Waals surface area contributed by atoms with Crippen molar-refractivity contribution in [3.05, 3.63) is 46.5 Å². The first-order chi connectivity index (χ1) is 13.2. The molecule has 3 aliphatic heterocycles. The highest BCUT2D eigenvalue weighted by molar-refractivity contribution is 5.88. The van der Waals surface area contributed by atoms with Gasteiger partial charge in [0.1, 0.15) is 6.04 Å². The van der Waals surface area contributed by atoms with Crippen LogP contribution >= 0.6 is 0 Å².